The third-order valence-electron chi connectivity index (χ3n) is 3.12. The molecule has 0 amide bonds. The van der Waals surface area contributed by atoms with E-state index in [0.29, 0.717) is 5.15 Å². The number of halogens is 2. The molecule has 0 aliphatic heterocycles. The number of benzene rings is 1. The molecular weight excluding hydrogens is 293 g/mol. The molecule has 0 saturated carbocycles. The summed E-state index contributed by atoms with van der Waals surface area (Å²) in [4.78, 5) is 10.9. The summed E-state index contributed by atoms with van der Waals surface area (Å²) in [6, 6.07) is 7.80. The van der Waals surface area contributed by atoms with E-state index in [4.69, 9.17) is 23.2 Å². The lowest BCUT2D eigenvalue weighted by atomic mass is 10.2. The van der Waals surface area contributed by atoms with Crippen LogP contribution in [0.5, 0.6) is 0 Å². The Labute approximate surface area is 129 Å². The molecule has 0 spiro atoms. The largest absolute Gasteiger partial charge is 0.355 e. The zero-order chi connectivity index (χ0) is 14.7. The number of anilines is 1. The third-order valence-corrected chi connectivity index (χ3v) is 3.74. The summed E-state index contributed by atoms with van der Waals surface area (Å²) >= 11 is 12.1. The number of hydrogen-bond donors (Lipinski definition) is 0. The highest BCUT2D eigenvalue weighted by Gasteiger charge is 2.12. The van der Waals surface area contributed by atoms with Crippen LogP contribution in [0.15, 0.2) is 24.3 Å². The van der Waals surface area contributed by atoms with E-state index < -0.39 is 0 Å². The predicted molar refractivity (Wildman–Crippen MR) is 84.7 cm³/mol. The second-order valence-corrected chi connectivity index (χ2v) is 5.51. The molecule has 1 heterocycles. The second-order valence-electron chi connectivity index (χ2n) is 4.72. The first-order valence-corrected chi connectivity index (χ1v) is 7.25. The van der Waals surface area contributed by atoms with Gasteiger partial charge in [0.05, 0.1) is 0 Å². The summed E-state index contributed by atoms with van der Waals surface area (Å²) in [7, 11) is 2.00. The van der Waals surface area contributed by atoms with Gasteiger partial charge in [0.2, 0.25) is 0 Å². The molecule has 20 heavy (non-hydrogen) atoms. The Kier molecular flexibility index (Phi) is 4.84. The van der Waals surface area contributed by atoms with E-state index in [9.17, 15) is 0 Å². The van der Waals surface area contributed by atoms with Gasteiger partial charge in [-0.05, 0) is 24.6 Å². The van der Waals surface area contributed by atoms with Crippen molar-refractivity contribution < 1.29 is 0 Å². The van der Waals surface area contributed by atoms with Crippen molar-refractivity contribution >= 4 is 29.0 Å². The van der Waals surface area contributed by atoms with Gasteiger partial charge in [0.1, 0.15) is 16.8 Å². The van der Waals surface area contributed by atoms with Gasteiger partial charge in [0.15, 0.2) is 0 Å². The van der Waals surface area contributed by atoms with Crippen LogP contribution >= 0.6 is 23.2 Å². The molecule has 2 aromatic rings. The number of aromatic nitrogens is 2. The van der Waals surface area contributed by atoms with Gasteiger partial charge in [-0.15, -0.1) is 0 Å². The summed E-state index contributed by atoms with van der Waals surface area (Å²) in [5, 5.41) is 1.26. The summed E-state index contributed by atoms with van der Waals surface area (Å²) < 4.78 is 0. The summed E-state index contributed by atoms with van der Waals surface area (Å²) in [5.41, 5.74) is 2.07. The first-order chi connectivity index (χ1) is 9.51. The van der Waals surface area contributed by atoms with Gasteiger partial charge in [-0.25, -0.2) is 9.97 Å². The Morgan fingerprint density at radius 2 is 1.75 bits per heavy atom. The molecule has 0 bridgehead atoms. The van der Waals surface area contributed by atoms with Crippen LogP contribution in [0.1, 0.15) is 23.9 Å². The number of nitrogens with zero attached hydrogens (tertiary/aromatic N) is 3. The zero-order valence-corrected chi connectivity index (χ0v) is 13.3. The Morgan fingerprint density at radius 3 is 2.35 bits per heavy atom. The van der Waals surface area contributed by atoms with E-state index in [1.165, 1.54) is 5.56 Å². The molecule has 2 rings (SSSR count). The zero-order valence-electron chi connectivity index (χ0n) is 11.8. The van der Waals surface area contributed by atoms with E-state index in [2.05, 4.69) is 14.9 Å². The molecule has 0 aliphatic rings. The standard InChI is InChI=1S/C15H17Cl2N3/c1-4-13-18-14(17)10(2)15(19-13)20(3)9-11-5-7-12(16)8-6-11/h5-8H,4,9H2,1-3H3. The maximum Gasteiger partial charge on any atom is 0.137 e. The van der Waals surface area contributed by atoms with Gasteiger partial charge < -0.3 is 4.90 Å². The maximum atomic E-state index is 6.17. The van der Waals surface area contributed by atoms with Crippen molar-refractivity contribution in [3.63, 3.8) is 0 Å². The molecule has 1 aromatic carbocycles. The summed E-state index contributed by atoms with van der Waals surface area (Å²) in [6.45, 7) is 4.70. The lowest BCUT2D eigenvalue weighted by Gasteiger charge is -2.21. The minimum absolute atomic E-state index is 0.523. The predicted octanol–water partition coefficient (Wildman–Crippen LogP) is 4.29. The van der Waals surface area contributed by atoms with E-state index >= 15 is 0 Å². The molecule has 0 atom stereocenters. The highest BCUT2D eigenvalue weighted by Crippen LogP contribution is 2.24. The molecule has 1 aromatic heterocycles. The van der Waals surface area contributed by atoms with E-state index in [1.807, 2.05) is 45.2 Å². The Balaban J connectivity index is 2.26. The number of aryl methyl sites for hydroxylation is 1. The molecular formula is C15H17Cl2N3. The minimum atomic E-state index is 0.523. The Bertz CT molecular complexity index is 597. The van der Waals surface area contributed by atoms with Crippen molar-refractivity contribution in [3.8, 4) is 0 Å². The highest BCUT2D eigenvalue weighted by atomic mass is 35.5. The number of rotatable bonds is 4. The molecule has 0 unspecified atom stereocenters. The average molecular weight is 310 g/mol. The van der Waals surface area contributed by atoms with Crippen LogP contribution in [0.25, 0.3) is 0 Å². The Morgan fingerprint density at radius 1 is 1.10 bits per heavy atom. The van der Waals surface area contributed by atoms with Gasteiger partial charge >= 0.3 is 0 Å². The first kappa shape index (κ1) is 15.1. The fourth-order valence-electron chi connectivity index (χ4n) is 1.99. The van der Waals surface area contributed by atoms with Gasteiger partial charge in [-0.1, -0.05) is 42.3 Å². The smallest absolute Gasteiger partial charge is 0.137 e. The van der Waals surface area contributed by atoms with Crippen molar-refractivity contribution in [2.45, 2.75) is 26.8 Å². The normalized spacial score (nSPS) is 10.7. The van der Waals surface area contributed by atoms with E-state index in [-0.39, 0.29) is 0 Å². The van der Waals surface area contributed by atoms with Crippen LogP contribution in [0, 0.1) is 6.92 Å². The monoisotopic (exact) mass is 309 g/mol. The Hall–Kier alpha value is -1.32. The van der Waals surface area contributed by atoms with Crippen LogP contribution < -0.4 is 4.90 Å². The lowest BCUT2D eigenvalue weighted by molar-refractivity contribution is 0.849. The van der Waals surface area contributed by atoms with Crippen LogP contribution in [-0.2, 0) is 13.0 Å². The van der Waals surface area contributed by atoms with Gasteiger partial charge in [-0.3, -0.25) is 0 Å². The first-order valence-electron chi connectivity index (χ1n) is 6.50. The van der Waals surface area contributed by atoms with Gasteiger partial charge in [0.25, 0.3) is 0 Å². The topological polar surface area (TPSA) is 29.0 Å². The molecule has 106 valence electrons. The van der Waals surface area contributed by atoms with Crippen LogP contribution in [-0.4, -0.2) is 17.0 Å². The quantitative estimate of drug-likeness (QED) is 0.789. The molecule has 3 nitrogen and oxygen atoms in total. The van der Waals surface area contributed by atoms with Crippen molar-refractivity contribution in [2.75, 3.05) is 11.9 Å². The second kappa shape index (κ2) is 6.42. The van der Waals surface area contributed by atoms with Crippen molar-refractivity contribution in [1.29, 1.82) is 0 Å². The van der Waals surface area contributed by atoms with Crippen LogP contribution in [0.4, 0.5) is 5.82 Å². The molecule has 0 radical (unpaired) electrons. The maximum absolute atomic E-state index is 6.17. The lowest BCUT2D eigenvalue weighted by Crippen LogP contribution is -2.20. The van der Waals surface area contributed by atoms with Gasteiger partial charge in [-0.2, -0.15) is 0 Å². The highest BCUT2D eigenvalue weighted by molar-refractivity contribution is 6.30. The molecule has 0 fully saturated rings. The van der Waals surface area contributed by atoms with E-state index in [0.717, 1.165) is 35.2 Å². The van der Waals surface area contributed by atoms with Crippen molar-refractivity contribution in [3.05, 3.63) is 51.4 Å². The summed E-state index contributed by atoms with van der Waals surface area (Å²) in [6.07, 6.45) is 0.766. The molecule has 0 N–H and O–H groups in total. The molecule has 0 saturated heterocycles. The van der Waals surface area contributed by atoms with Crippen molar-refractivity contribution in [1.82, 2.24) is 9.97 Å². The number of hydrogen-bond acceptors (Lipinski definition) is 3. The molecule has 0 aliphatic carbocycles. The van der Waals surface area contributed by atoms with E-state index in [1.54, 1.807) is 0 Å². The van der Waals surface area contributed by atoms with Crippen LogP contribution in [0.3, 0.4) is 0 Å². The van der Waals surface area contributed by atoms with Crippen LogP contribution in [0.2, 0.25) is 10.2 Å². The van der Waals surface area contributed by atoms with Crippen molar-refractivity contribution in [2.24, 2.45) is 0 Å². The fraction of sp³-hybridized carbons (Fsp3) is 0.333. The SMILES string of the molecule is CCc1nc(Cl)c(C)c(N(C)Cc2ccc(Cl)cc2)n1. The fourth-order valence-corrected chi connectivity index (χ4v) is 2.30. The third kappa shape index (κ3) is 3.41. The molecule has 5 heteroatoms. The average Bonchev–Trinajstić information content (AvgIpc) is 2.44. The summed E-state index contributed by atoms with van der Waals surface area (Å²) in [5.74, 6) is 1.63. The van der Waals surface area contributed by atoms with Gasteiger partial charge in [0, 0.05) is 30.6 Å². The minimum Gasteiger partial charge on any atom is -0.355 e.